The van der Waals surface area contributed by atoms with Crippen molar-refractivity contribution in [3.05, 3.63) is 29.8 Å². The molecular weight excluding hydrogens is 278 g/mol. The molecule has 1 heterocycles. The van der Waals surface area contributed by atoms with Gasteiger partial charge >= 0.3 is 0 Å². The predicted molar refractivity (Wildman–Crippen MR) is 88.2 cm³/mol. The van der Waals surface area contributed by atoms with Gasteiger partial charge in [0.25, 0.3) is 5.91 Å². The number of nitrogens with two attached hydrogens (primary N) is 1. The van der Waals surface area contributed by atoms with E-state index in [1.165, 1.54) is 0 Å². The summed E-state index contributed by atoms with van der Waals surface area (Å²) in [6.07, 6.45) is 0.978. The van der Waals surface area contributed by atoms with Gasteiger partial charge in [-0.1, -0.05) is 12.1 Å². The van der Waals surface area contributed by atoms with E-state index in [9.17, 15) is 4.79 Å². The van der Waals surface area contributed by atoms with Crippen molar-refractivity contribution in [3.63, 3.8) is 0 Å². The monoisotopic (exact) mass is 305 g/mol. The average Bonchev–Trinajstić information content (AvgIpc) is 2.88. The van der Waals surface area contributed by atoms with Crippen molar-refractivity contribution in [1.82, 2.24) is 9.80 Å². The van der Waals surface area contributed by atoms with Crippen molar-refractivity contribution >= 4 is 5.91 Å². The van der Waals surface area contributed by atoms with Crippen LogP contribution in [0.15, 0.2) is 24.3 Å². The summed E-state index contributed by atoms with van der Waals surface area (Å²) in [6.45, 7) is 4.84. The average molecular weight is 305 g/mol. The van der Waals surface area contributed by atoms with Crippen molar-refractivity contribution in [2.45, 2.75) is 19.4 Å². The summed E-state index contributed by atoms with van der Waals surface area (Å²) in [5, 5.41) is 0. The number of likely N-dealkylation sites (N-methyl/N-ethyl adjacent to an activating group) is 1. The van der Waals surface area contributed by atoms with E-state index in [-0.39, 0.29) is 11.9 Å². The molecule has 0 radical (unpaired) electrons. The summed E-state index contributed by atoms with van der Waals surface area (Å²) in [5.74, 6) is 1.11. The quantitative estimate of drug-likeness (QED) is 0.864. The molecule has 1 saturated heterocycles. The van der Waals surface area contributed by atoms with Crippen molar-refractivity contribution in [2.75, 3.05) is 40.3 Å². The number of carbonyl (C=O) groups excluding carboxylic acids is 1. The maximum absolute atomic E-state index is 12.8. The lowest BCUT2D eigenvalue weighted by atomic mass is 10.1. The van der Waals surface area contributed by atoms with Gasteiger partial charge in [0.2, 0.25) is 0 Å². The summed E-state index contributed by atoms with van der Waals surface area (Å²) in [6, 6.07) is 7.72. The van der Waals surface area contributed by atoms with Crippen molar-refractivity contribution in [1.29, 1.82) is 0 Å². The van der Waals surface area contributed by atoms with Crippen LogP contribution in [0.5, 0.6) is 5.75 Å². The maximum atomic E-state index is 12.8. The minimum absolute atomic E-state index is 0.0453. The Bertz CT molecular complexity index is 504. The fraction of sp³-hybridized carbons (Fsp3) is 0.588. The zero-order valence-electron chi connectivity index (χ0n) is 13.8. The first-order valence-corrected chi connectivity index (χ1v) is 7.90. The molecule has 2 unspecified atom stereocenters. The molecule has 22 heavy (non-hydrogen) atoms. The Kier molecular flexibility index (Phi) is 5.80. The van der Waals surface area contributed by atoms with Crippen LogP contribution in [0.3, 0.4) is 0 Å². The molecular formula is C17H27N3O2. The number of para-hydroxylation sites is 1. The summed E-state index contributed by atoms with van der Waals surface area (Å²) < 4.78 is 5.80. The highest BCUT2D eigenvalue weighted by atomic mass is 16.5. The lowest BCUT2D eigenvalue weighted by molar-refractivity contribution is 0.0738. The number of likely N-dealkylation sites (tertiary alicyclic amines) is 1. The molecule has 1 aliphatic heterocycles. The van der Waals surface area contributed by atoms with E-state index in [2.05, 4.69) is 11.8 Å². The Labute approximate surface area is 133 Å². The van der Waals surface area contributed by atoms with Crippen LogP contribution in [0.25, 0.3) is 0 Å². The second-order valence-electron chi connectivity index (χ2n) is 6.29. The third kappa shape index (κ3) is 3.99. The number of hydrogen-bond acceptors (Lipinski definition) is 4. The molecule has 0 spiro atoms. The molecule has 2 rings (SSSR count). The highest BCUT2D eigenvalue weighted by Crippen LogP contribution is 2.27. The topological polar surface area (TPSA) is 58.8 Å². The molecule has 0 saturated carbocycles. The Morgan fingerprint density at radius 1 is 1.41 bits per heavy atom. The van der Waals surface area contributed by atoms with Crippen LogP contribution < -0.4 is 10.5 Å². The van der Waals surface area contributed by atoms with Crippen molar-refractivity contribution in [3.8, 4) is 5.75 Å². The lowest BCUT2D eigenvalue weighted by Crippen LogP contribution is -2.34. The molecule has 1 aromatic rings. The van der Waals surface area contributed by atoms with E-state index in [0.29, 0.717) is 30.4 Å². The van der Waals surface area contributed by atoms with Gasteiger partial charge in [-0.2, -0.15) is 0 Å². The van der Waals surface area contributed by atoms with Gasteiger partial charge < -0.3 is 20.3 Å². The summed E-state index contributed by atoms with van der Waals surface area (Å²) in [4.78, 5) is 16.8. The summed E-state index contributed by atoms with van der Waals surface area (Å²) >= 11 is 0. The molecule has 1 amide bonds. The number of ether oxygens (including phenoxy) is 1. The Morgan fingerprint density at radius 3 is 2.77 bits per heavy atom. The lowest BCUT2D eigenvalue weighted by Gasteiger charge is -2.23. The molecule has 0 aromatic heterocycles. The van der Waals surface area contributed by atoms with Gasteiger partial charge in [0.05, 0.1) is 5.56 Å². The maximum Gasteiger partial charge on any atom is 0.257 e. The summed E-state index contributed by atoms with van der Waals surface area (Å²) in [5.41, 5.74) is 6.40. The minimum Gasteiger partial charge on any atom is -0.491 e. The molecule has 2 atom stereocenters. The standard InChI is InChI=1S/C17H27N3O2/c1-13-10-14(11-18)12-20(13)17(21)15-6-4-5-7-16(15)22-9-8-19(2)3/h4-7,13-14H,8-12,18H2,1-3H3. The largest absolute Gasteiger partial charge is 0.491 e. The molecule has 1 fully saturated rings. The van der Waals surface area contributed by atoms with Crippen LogP contribution in [0.4, 0.5) is 0 Å². The Hall–Kier alpha value is -1.59. The van der Waals surface area contributed by atoms with Gasteiger partial charge in [-0.3, -0.25) is 4.79 Å². The SMILES string of the molecule is CC1CC(CN)CN1C(=O)c1ccccc1OCCN(C)C. The number of benzene rings is 1. The molecule has 5 nitrogen and oxygen atoms in total. The van der Waals surface area contributed by atoms with E-state index >= 15 is 0 Å². The van der Waals surface area contributed by atoms with E-state index in [1.807, 2.05) is 43.3 Å². The molecule has 1 aromatic carbocycles. The molecule has 0 bridgehead atoms. The molecule has 1 aliphatic rings. The molecule has 5 heteroatoms. The third-order valence-electron chi connectivity index (χ3n) is 4.17. The molecule has 2 N–H and O–H groups in total. The first kappa shape index (κ1) is 16.8. The third-order valence-corrected chi connectivity index (χ3v) is 4.17. The fourth-order valence-corrected chi connectivity index (χ4v) is 2.86. The Balaban J connectivity index is 2.09. The minimum atomic E-state index is 0.0453. The predicted octanol–water partition coefficient (Wildman–Crippen LogP) is 1.44. The van der Waals surface area contributed by atoms with Gasteiger partial charge in [0.1, 0.15) is 12.4 Å². The number of amides is 1. The molecule has 122 valence electrons. The van der Waals surface area contributed by atoms with Gasteiger partial charge in [0.15, 0.2) is 0 Å². The highest BCUT2D eigenvalue weighted by Gasteiger charge is 2.33. The van der Waals surface area contributed by atoms with Crippen molar-refractivity contribution in [2.24, 2.45) is 11.7 Å². The fourth-order valence-electron chi connectivity index (χ4n) is 2.86. The molecule has 0 aliphatic carbocycles. The van der Waals surface area contributed by atoms with Crippen LogP contribution >= 0.6 is 0 Å². The van der Waals surface area contributed by atoms with Gasteiger partial charge in [-0.05, 0) is 52.0 Å². The zero-order chi connectivity index (χ0) is 16.1. The first-order valence-electron chi connectivity index (χ1n) is 7.90. The first-order chi connectivity index (χ1) is 10.5. The van der Waals surface area contributed by atoms with Gasteiger partial charge in [-0.25, -0.2) is 0 Å². The van der Waals surface area contributed by atoms with Crippen LogP contribution in [0.2, 0.25) is 0 Å². The van der Waals surface area contributed by atoms with Crippen LogP contribution in [0.1, 0.15) is 23.7 Å². The van der Waals surface area contributed by atoms with Crippen LogP contribution in [-0.4, -0.2) is 62.1 Å². The van der Waals surface area contributed by atoms with E-state index in [1.54, 1.807) is 0 Å². The van der Waals surface area contributed by atoms with E-state index < -0.39 is 0 Å². The van der Waals surface area contributed by atoms with Crippen LogP contribution in [-0.2, 0) is 0 Å². The Morgan fingerprint density at radius 2 is 2.14 bits per heavy atom. The van der Waals surface area contributed by atoms with E-state index in [0.717, 1.165) is 19.5 Å². The van der Waals surface area contributed by atoms with E-state index in [4.69, 9.17) is 10.5 Å². The second-order valence-corrected chi connectivity index (χ2v) is 6.29. The van der Waals surface area contributed by atoms with Crippen molar-refractivity contribution < 1.29 is 9.53 Å². The highest BCUT2D eigenvalue weighted by molar-refractivity contribution is 5.97. The number of carbonyl (C=O) groups is 1. The number of nitrogens with zero attached hydrogens (tertiary/aromatic N) is 2. The van der Waals surface area contributed by atoms with Crippen LogP contribution in [0, 0.1) is 5.92 Å². The number of hydrogen-bond donors (Lipinski definition) is 1. The second kappa shape index (κ2) is 7.61. The van der Waals surface area contributed by atoms with Gasteiger partial charge in [0, 0.05) is 19.1 Å². The normalized spacial score (nSPS) is 21.4. The smallest absolute Gasteiger partial charge is 0.257 e. The number of rotatable bonds is 6. The van der Waals surface area contributed by atoms with Gasteiger partial charge in [-0.15, -0.1) is 0 Å². The zero-order valence-corrected chi connectivity index (χ0v) is 13.8. The summed E-state index contributed by atoms with van der Waals surface area (Å²) in [7, 11) is 4.00.